The third kappa shape index (κ3) is 6.30. The van der Waals surface area contributed by atoms with Gasteiger partial charge in [0.05, 0.1) is 26.2 Å². The minimum absolute atomic E-state index is 0.163. The Bertz CT molecular complexity index is 1530. The molecule has 0 unspecified atom stereocenters. The highest BCUT2D eigenvalue weighted by Crippen LogP contribution is 2.37. The standard InChI is InChI=1S/C27H29ClN4O3S2/c1-30(2)15-8-16-31(3)27(33)22-18-24(32(29-22)23-12-6-5-11-21(23)28)26-14-13-25(36-26)19-9-7-10-20(17-19)37(4,34)35/h5-7,9-14,17-18H,8,15-16H2,1-4H3. The highest BCUT2D eigenvalue weighted by molar-refractivity contribution is 7.90. The van der Waals surface area contributed by atoms with Gasteiger partial charge in [0.1, 0.15) is 0 Å². The van der Waals surface area contributed by atoms with Crippen molar-refractivity contribution in [1.82, 2.24) is 19.6 Å². The van der Waals surface area contributed by atoms with Crippen molar-refractivity contribution >= 4 is 38.7 Å². The molecule has 0 N–H and O–H groups in total. The molecule has 37 heavy (non-hydrogen) atoms. The van der Waals surface area contributed by atoms with E-state index < -0.39 is 9.84 Å². The molecule has 4 rings (SSSR count). The number of aromatic nitrogens is 2. The van der Waals surface area contributed by atoms with E-state index in [1.165, 1.54) is 17.6 Å². The fourth-order valence-corrected chi connectivity index (χ4v) is 5.79. The van der Waals surface area contributed by atoms with Crippen LogP contribution < -0.4 is 0 Å². The van der Waals surface area contributed by atoms with Crippen LogP contribution in [-0.4, -0.2) is 74.4 Å². The van der Waals surface area contributed by atoms with Gasteiger partial charge in [-0.1, -0.05) is 35.9 Å². The molecule has 0 aliphatic rings. The molecule has 7 nitrogen and oxygen atoms in total. The van der Waals surface area contributed by atoms with E-state index in [1.54, 1.807) is 47.0 Å². The van der Waals surface area contributed by atoms with E-state index in [2.05, 4.69) is 10.00 Å². The average molecular weight is 557 g/mol. The lowest BCUT2D eigenvalue weighted by Gasteiger charge is -2.17. The Hall–Kier alpha value is -2.98. The number of hydrogen-bond donors (Lipinski definition) is 0. The molecule has 0 radical (unpaired) electrons. The first-order valence-corrected chi connectivity index (χ1v) is 14.8. The fraction of sp³-hybridized carbons (Fsp3) is 0.259. The number of sulfone groups is 1. The van der Waals surface area contributed by atoms with Crippen LogP contribution in [0, 0.1) is 0 Å². The molecule has 0 saturated heterocycles. The van der Waals surface area contributed by atoms with Crippen molar-refractivity contribution in [3.05, 3.63) is 77.4 Å². The second-order valence-electron chi connectivity index (χ2n) is 9.13. The van der Waals surface area contributed by atoms with E-state index in [1.807, 2.05) is 50.5 Å². The lowest BCUT2D eigenvalue weighted by Crippen LogP contribution is -2.30. The van der Waals surface area contributed by atoms with Gasteiger partial charge in [0.25, 0.3) is 5.91 Å². The molecule has 0 bridgehead atoms. The summed E-state index contributed by atoms with van der Waals surface area (Å²) in [5.41, 5.74) is 2.53. The van der Waals surface area contributed by atoms with Crippen LogP contribution in [-0.2, 0) is 9.84 Å². The maximum absolute atomic E-state index is 13.2. The van der Waals surface area contributed by atoms with Gasteiger partial charge >= 0.3 is 0 Å². The maximum atomic E-state index is 13.2. The third-order valence-electron chi connectivity index (χ3n) is 5.86. The summed E-state index contributed by atoms with van der Waals surface area (Å²) in [6.45, 7) is 1.50. The van der Waals surface area contributed by atoms with E-state index in [0.717, 1.165) is 34.0 Å². The maximum Gasteiger partial charge on any atom is 0.274 e. The Morgan fingerprint density at radius 3 is 2.41 bits per heavy atom. The molecular weight excluding hydrogens is 528 g/mol. The number of thiophene rings is 1. The Kier molecular flexibility index (Phi) is 8.18. The first-order chi connectivity index (χ1) is 17.5. The summed E-state index contributed by atoms with van der Waals surface area (Å²) in [6.07, 6.45) is 2.05. The predicted molar refractivity (Wildman–Crippen MR) is 151 cm³/mol. The number of benzene rings is 2. The van der Waals surface area contributed by atoms with Crippen molar-refractivity contribution in [1.29, 1.82) is 0 Å². The van der Waals surface area contributed by atoms with Crippen LogP contribution in [0.15, 0.2) is 71.6 Å². The van der Waals surface area contributed by atoms with Gasteiger partial charge in [0, 0.05) is 24.7 Å². The van der Waals surface area contributed by atoms with Crippen molar-refractivity contribution in [2.75, 3.05) is 40.5 Å². The van der Waals surface area contributed by atoms with Crippen LogP contribution >= 0.6 is 22.9 Å². The zero-order chi connectivity index (χ0) is 26.7. The number of carbonyl (C=O) groups excluding carboxylic acids is 1. The molecule has 0 atom stereocenters. The molecular formula is C27H29ClN4O3S2. The zero-order valence-corrected chi connectivity index (χ0v) is 23.6. The minimum atomic E-state index is -3.32. The van der Waals surface area contributed by atoms with Gasteiger partial charge < -0.3 is 9.80 Å². The lowest BCUT2D eigenvalue weighted by molar-refractivity contribution is 0.0784. The van der Waals surface area contributed by atoms with Gasteiger partial charge in [-0.2, -0.15) is 5.10 Å². The predicted octanol–water partition coefficient (Wildman–Crippen LogP) is 5.35. The quantitative estimate of drug-likeness (QED) is 0.278. The molecule has 2 heterocycles. The van der Waals surface area contributed by atoms with E-state index in [4.69, 9.17) is 11.6 Å². The Balaban J connectivity index is 1.73. The normalized spacial score (nSPS) is 11.7. The van der Waals surface area contributed by atoms with Gasteiger partial charge in [0.2, 0.25) is 0 Å². The summed E-state index contributed by atoms with van der Waals surface area (Å²) in [7, 11) is 2.47. The number of nitrogens with zero attached hydrogens (tertiary/aromatic N) is 4. The van der Waals surface area contributed by atoms with Crippen LogP contribution in [0.3, 0.4) is 0 Å². The van der Waals surface area contributed by atoms with Crippen LogP contribution in [0.25, 0.3) is 26.7 Å². The number of amides is 1. The van der Waals surface area contributed by atoms with Crippen molar-refractivity contribution in [2.24, 2.45) is 0 Å². The van der Waals surface area contributed by atoms with Gasteiger partial charge in [-0.05, 0) is 75.1 Å². The Morgan fingerprint density at radius 1 is 0.973 bits per heavy atom. The number of hydrogen-bond acceptors (Lipinski definition) is 6. The summed E-state index contributed by atoms with van der Waals surface area (Å²) < 4.78 is 25.8. The number of halogens is 1. The summed E-state index contributed by atoms with van der Waals surface area (Å²) in [4.78, 5) is 19.1. The van der Waals surface area contributed by atoms with E-state index in [9.17, 15) is 13.2 Å². The molecule has 2 aromatic heterocycles. The first-order valence-electron chi connectivity index (χ1n) is 11.7. The number of carbonyl (C=O) groups is 1. The second-order valence-corrected chi connectivity index (χ2v) is 12.6. The third-order valence-corrected chi connectivity index (χ3v) is 8.45. The van der Waals surface area contributed by atoms with Crippen molar-refractivity contribution in [3.63, 3.8) is 0 Å². The molecule has 194 valence electrons. The zero-order valence-electron chi connectivity index (χ0n) is 21.2. The SMILES string of the molecule is CN(C)CCCN(C)C(=O)c1cc(-c2ccc(-c3cccc(S(C)(=O)=O)c3)s2)n(-c2ccccc2Cl)n1. The number of rotatable bonds is 9. The largest absolute Gasteiger partial charge is 0.340 e. The van der Waals surface area contributed by atoms with Crippen molar-refractivity contribution in [3.8, 4) is 26.7 Å². The molecule has 2 aromatic carbocycles. The summed E-state index contributed by atoms with van der Waals surface area (Å²) in [5, 5.41) is 5.18. The highest BCUT2D eigenvalue weighted by atomic mass is 35.5. The monoisotopic (exact) mass is 556 g/mol. The van der Waals surface area contributed by atoms with Gasteiger partial charge in [-0.15, -0.1) is 11.3 Å². The van der Waals surface area contributed by atoms with Gasteiger partial charge in [-0.3, -0.25) is 4.79 Å². The van der Waals surface area contributed by atoms with E-state index >= 15 is 0 Å². The van der Waals surface area contributed by atoms with E-state index in [0.29, 0.717) is 22.9 Å². The summed E-state index contributed by atoms with van der Waals surface area (Å²) >= 11 is 8.01. The molecule has 0 spiro atoms. The molecule has 0 aliphatic heterocycles. The van der Waals surface area contributed by atoms with Crippen LogP contribution in [0.4, 0.5) is 0 Å². The lowest BCUT2D eigenvalue weighted by atomic mass is 10.2. The smallest absolute Gasteiger partial charge is 0.274 e. The average Bonchev–Trinajstić information content (AvgIpc) is 3.51. The number of para-hydroxylation sites is 1. The van der Waals surface area contributed by atoms with E-state index in [-0.39, 0.29) is 10.8 Å². The Labute approximate surface area is 226 Å². The summed E-state index contributed by atoms with van der Waals surface area (Å²) in [6, 6.07) is 19.9. The molecule has 0 saturated carbocycles. The summed E-state index contributed by atoms with van der Waals surface area (Å²) in [5.74, 6) is -0.163. The van der Waals surface area contributed by atoms with Gasteiger partial charge in [0.15, 0.2) is 15.5 Å². The molecule has 0 fully saturated rings. The van der Waals surface area contributed by atoms with Crippen molar-refractivity contribution in [2.45, 2.75) is 11.3 Å². The molecule has 0 aliphatic carbocycles. The van der Waals surface area contributed by atoms with Crippen molar-refractivity contribution < 1.29 is 13.2 Å². The van der Waals surface area contributed by atoms with Gasteiger partial charge in [-0.25, -0.2) is 13.1 Å². The van der Waals surface area contributed by atoms with Crippen LogP contribution in [0.5, 0.6) is 0 Å². The highest BCUT2D eigenvalue weighted by Gasteiger charge is 2.22. The molecule has 1 amide bonds. The van der Waals surface area contributed by atoms with Crippen LogP contribution in [0.1, 0.15) is 16.9 Å². The Morgan fingerprint density at radius 2 is 1.70 bits per heavy atom. The molecule has 4 aromatic rings. The second kappa shape index (κ2) is 11.2. The fourth-order valence-electron chi connectivity index (χ4n) is 3.90. The topological polar surface area (TPSA) is 75.5 Å². The van der Waals surface area contributed by atoms with Crippen LogP contribution in [0.2, 0.25) is 5.02 Å². The molecule has 10 heteroatoms. The minimum Gasteiger partial charge on any atom is -0.340 e. The first kappa shape index (κ1) is 27.1.